The monoisotopic (exact) mass is 363 g/mol. The summed E-state index contributed by atoms with van der Waals surface area (Å²) in [6.07, 6.45) is 1.21. The molecule has 1 aromatic carbocycles. The van der Waals surface area contributed by atoms with Crippen molar-refractivity contribution in [1.29, 1.82) is 0 Å². The summed E-state index contributed by atoms with van der Waals surface area (Å²) in [6.45, 7) is 7.37. The Morgan fingerprint density at radius 3 is 2.31 bits per heavy atom. The number of ether oxygens (including phenoxy) is 2. The third-order valence-electron chi connectivity index (χ3n) is 3.59. The molecule has 0 saturated heterocycles. The predicted octanol–water partition coefficient (Wildman–Crippen LogP) is 3.63. The number of esters is 1. The number of hydrogen-bond donors (Lipinski definition) is 1. The van der Waals surface area contributed by atoms with Crippen LogP contribution in [0.3, 0.4) is 0 Å². The summed E-state index contributed by atoms with van der Waals surface area (Å²) in [5.74, 6) is -1.47. The highest BCUT2D eigenvalue weighted by Crippen LogP contribution is 2.14. The van der Waals surface area contributed by atoms with Crippen LogP contribution in [0.5, 0.6) is 0 Å². The molecule has 6 heteroatoms. The van der Waals surface area contributed by atoms with Gasteiger partial charge in [-0.25, -0.2) is 4.79 Å². The molecule has 1 amide bonds. The van der Waals surface area contributed by atoms with Gasteiger partial charge < -0.3 is 14.8 Å². The number of amides is 1. The number of Topliss-reactive ketones (excluding diaryl/α,β-unsaturated/α-hetero) is 1. The minimum Gasteiger partial charge on any atom is -0.460 e. The lowest BCUT2D eigenvalue weighted by Gasteiger charge is -2.19. The second kappa shape index (κ2) is 10.6. The van der Waals surface area contributed by atoms with Crippen molar-refractivity contribution < 1.29 is 23.9 Å². The highest BCUT2D eigenvalue weighted by molar-refractivity contribution is 5.97. The molecule has 0 aromatic heterocycles. The number of ketones is 1. The molecular formula is C20H29NO5. The average Bonchev–Trinajstić information content (AvgIpc) is 2.55. The topological polar surface area (TPSA) is 81.7 Å². The Kier molecular flexibility index (Phi) is 8.82. The molecule has 0 bridgehead atoms. The number of benzene rings is 1. The number of rotatable bonds is 9. The van der Waals surface area contributed by atoms with Gasteiger partial charge in [-0.05, 0) is 46.1 Å². The lowest BCUT2D eigenvalue weighted by molar-refractivity contribution is -0.153. The Hall–Kier alpha value is -2.37. The van der Waals surface area contributed by atoms with E-state index >= 15 is 0 Å². The van der Waals surface area contributed by atoms with Crippen LogP contribution < -0.4 is 5.32 Å². The number of hydrogen-bond acceptors (Lipinski definition) is 5. The quantitative estimate of drug-likeness (QED) is 0.412. The molecular weight excluding hydrogens is 334 g/mol. The van der Waals surface area contributed by atoms with E-state index < -0.39 is 23.6 Å². The Bertz CT molecular complexity index is 592. The highest BCUT2D eigenvalue weighted by atomic mass is 16.6. The number of unbranched alkanes of at least 4 members (excludes halogenated alkanes) is 1. The first-order chi connectivity index (χ1) is 12.2. The van der Waals surface area contributed by atoms with Crippen molar-refractivity contribution in [3.63, 3.8) is 0 Å². The van der Waals surface area contributed by atoms with E-state index in [0.29, 0.717) is 25.8 Å². The van der Waals surface area contributed by atoms with Gasteiger partial charge >= 0.3 is 12.1 Å². The van der Waals surface area contributed by atoms with Crippen LogP contribution in [-0.4, -0.2) is 30.0 Å². The Labute approximate surface area is 155 Å². The summed E-state index contributed by atoms with van der Waals surface area (Å²) < 4.78 is 10.4. The van der Waals surface area contributed by atoms with Crippen molar-refractivity contribution in [1.82, 2.24) is 5.32 Å². The molecule has 1 N–H and O–H groups in total. The molecule has 0 aliphatic carbocycles. The molecule has 0 heterocycles. The maximum Gasteiger partial charge on any atom is 0.407 e. The van der Waals surface area contributed by atoms with E-state index in [1.165, 1.54) is 6.92 Å². The van der Waals surface area contributed by atoms with Crippen LogP contribution in [0.4, 0.5) is 4.79 Å². The van der Waals surface area contributed by atoms with Crippen LogP contribution in [0.25, 0.3) is 0 Å². The third-order valence-corrected chi connectivity index (χ3v) is 3.59. The van der Waals surface area contributed by atoms with Gasteiger partial charge in [0.15, 0.2) is 0 Å². The summed E-state index contributed by atoms with van der Waals surface area (Å²) in [6, 6.07) is 9.33. The van der Waals surface area contributed by atoms with Crippen molar-refractivity contribution in [3.8, 4) is 0 Å². The van der Waals surface area contributed by atoms with Crippen molar-refractivity contribution >= 4 is 17.8 Å². The zero-order chi connectivity index (χ0) is 19.6. The molecule has 1 unspecified atom stereocenters. The van der Waals surface area contributed by atoms with Crippen molar-refractivity contribution in [2.45, 2.75) is 59.2 Å². The first-order valence-electron chi connectivity index (χ1n) is 8.87. The van der Waals surface area contributed by atoms with Crippen LogP contribution in [0.2, 0.25) is 0 Å². The third kappa shape index (κ3) is 9.20. The first-order valence-corrected chi connectivity index (χ1v) is 8.87. The lowest BCUT2D eigenvalue weighted by atomic mass is 9.98. The summed E-state index contributed by atoms with van der Waals surface area (Å²) in [5, 5.41) is 2.66. The summed E-state index contributed by atoms with van der Waals surface area (Å²) in [5.41, 5.74) is 0.344. The average molecular weight is 363 g/mol. The number of alkyl carbamates (subject to hydrolysis) is 1. The SMILES string of the molecule is CC(=O)C(CCCCNC(=O)OC(C)(C)C)C(=O)OCc1ccccc1. The smallest absolute Gasteiger partial charge is 0.407 e. The van der Waals surface area contributed by atoms with Crippen molar-refractivity contribution in [2.24, 2.45) is 5.92 Å². The molecule has 1 atom stereocenters. The molecule has 0 spiro atoms. The number of carbonyl (C=O) groups is 3. The minimum absolute atomic E-state index is 0.156. The second-order valence-electron chi connectivity index (χ2n) is 7.18. The molecule has 0 fully saturated rings. The van der Waals surface area contributed by atoms with Gasteiger partial charge in [0.1, 0.15) is 23.9 Å². The fourth-order valence-corrected chi connectivity index (χ4v) is 2.29. The Morgan fingerprint density at radius 2 is 1.73 bits per heavy atom. The fourth-order valence-electron chi connectivity index (χ4n) is 2.29. The first kappa shape index (κ1) is 21.7. The van der Waals surface area contributed by atoms with Gasteiger partial charge in [0.2, 0.25) is 0 Å². The summed E-state index contributed by atoms with van der Waals surface area (Å²) in [7, 11) is 0. The van der Waals surface area contributed by atoms with E-state index in [-0.39, 0.29) is 12.4 Å². The molecule has 0 saturated carbocycles. The Morgan fingerprint density at radius 1 is 1.08 bits per heavy atom. The maximum absolute atomic E-state index is 12.2. The van der Waals surface area contributed by atoms with E-state index in [4.69, 9.17) is 9.47 Å². The zero-order valence-electron chi connectivity index (χ0n) is 16.0. The largest absolute Gasteiger partial charge is 0.460 e. The summed E-state index contributed by atoms with van der Waals surface area (Å²) >= 11 is 0. The van der Waals surface area contributed by atoms with Crippen molar-refractivity contribution in [2.75, 3.05) is 6.54 Å². The van der Waals surface area contributed by atoms with Crippen molar-refractivity contribution in [3.05, 3.63) is 35.9 Å². The predicted molar refractivity (Wildman–Crippen MR) is 98.5 cm³/mol. The van der Waals surface area contributed by atoms with Gasteiger partial charge in [-0.3, -0.25) is 9.59 Å². The maximum atomic E-state index is 12.2. The van der Waals surface area contributed by atoms with E-state index in [2.05, 4.69) is 5.32 Å². The normalized spacial score (nSPS) is 12.2. The van der Waals surface area contributed by atoms with Gasteiger partial charge in [-0.1, -0.05) is 36.8 Å². The summed E-state index contributed by atoms with van der Waals surface area (Å²) in [4.78, 5) is 35.4. The zero-order valence-corrected chi connectivity index (χ0v) is 16.0. The Balaban J connectivity index is 2.31. The second-order valence-corrected chi connectivity index (χ2v) is 7.18. The molecule has 26 heavy (non-hydrogen) atoms. The van der Waals surface area contributed by atoms with Gasteiger partial charge in [0.05, 0.1) is 0 Å². The molecule has 144 valence electrons. The molecule has 0 radical (unpaired) electrons. The molecule has 6 nitrogen and oxygen atoms in total. The van der Waals surface area contributed by atoms with Crippen LogP contribution in [-0.2, 0) is 25.7 Å². The minimum atomic E-state index is -0.764. The molecule has 1 rings (SSSR count). The van der Waals surface area contributed by atoms with E-state index in [1.807, 2.05) is 30.3 Å². The van der Waals surface area contributed by atoms with Gasteiger partial charge in [-0.2, -0.15) is 0 Å². The van der Waals surface area contributed by atoms with Gasteiger partial charge in [-0.15, -0.1) is 0 Å². The van der Waals surface area contributed by atoms with E-state index in [0.717, 1.165) is 5.56 Å². The standard InChI is InChI=1S/C20H29NO5/c1-15(22)17(18(23)25-14-16-10-6-5-7-11-16)12-8-9-13-21-19(24)26-20(2,3)4/h5-7,10-11,17H,8-9,12-14H2,1-4H3,(H,21,24). The van der Waals surface area contributed by atoms with Gasteiger partial charge in [0.25, 0.3) is 0 Å². The fraction of sp³-hybridized carbons (Fsp3) is 0.550. The molecule has 0 aliphatic rings. The van der Waals surface area contributed by atoms with Crippen LogP contribution in [0.1, 0.15) is 52.5 Å². The van der Waals surface area contributed by atoms with Crippen LogP contribution >= 0.6 is 0 Å². The highest BCUT2D eigenvalue weighted by Gasteiger charge is 2.24. The van der Waals surface area contributed by atoms with E-state index in [9.17, 15) is 14.4 Å². The molecule has 0 aliphatic heterocycles. The van der Waals surface area contributed by atoms with Gasteiger partial charge in [0, 0.05) is 6.54 Å². The number of carbonyl (C=O) groups excluding carboxylic acids is 3. The number of nitrogens with one attached hydrogen (secondary N) is 1. The van der Waals surface area contributed by atoms with Crippen LogP contribution in [0, 0.1) is 5.92 Å². The van der Waals surface area contributed by atoms with E-state index in [1.54, 1.807) is 20.8 Å². The van der Waals surface area contributed by atoms with Crippen LogP contribution in [0.15, 0.2) is 30.3 Å². The molecule has 1 aromatic rings. The lowest BCUT2D eigenvalue weighted by Crippen LogP contribution is -2.33.